The van der Waals surface area contributed by atoms with Gasteiger partial charge in [-0.15, -0.1) is 0 Å². The van der Waals surface area contributed by atoms with Crippen LogP contribution in [0.4, 0.5) is 16.2 Å². The first kappa shape index (κ1) is 23.2. The summed E-state index contributed by atoms with van der Waals surface area (Å²) in [5.74, 6) is -0.564. The quantitative estimate of drug-likeness (QED) is 0.639. The van der Waals surface area contributed by atoms with Crippen molar-refractivity contribution in [3.05, 3.63) is 36.4 Å². The summed E-state index contributed by atoms with van der Waals surface area (Å²) in [7, 11) is 0. The van der Waals surface area contributed by atoms with Gasteiger partial charge < -0.3 is 20.7 Å². The fourth-order valence-corrected chi connectivity index (χ4v) is 2.01. The zero-order chi connectivity index (χ0) is 21.4. The van der Waals surface area contributed by atoms with E-state index in [0.29, 0.717) is 11.4 Å². The number of para-hydroxylation sites is 2. The van der Waals surface area contributed by atoms with Gasteiger partial charge in [-0.2, -0.15) is 0 Å². The Morgan fingerprint density at radius 2 is 1.54 bits per heavy atom. The Morgan fingerprint density at radius 1 is 0.964 bits per heavy atom. The number of ether oxygens (including phenoxy) is 1. The molecule has 3 N–H and O–H groups in total. The molecule has 1 aromatic carbocycles. The van der Waals surface area contributed by atoms with Crippen molar-refractivity contribution in [2.45, 2.75) is 53.6 Å². The van der Waals surface area contributed by atoms with Crippen LogP contribution in [-0.2, 0) is 14.3 Å². The highest BCUT2D eigenvalue weighted by molar-refractivity contribution is 6.03. The number of nitrogens with one attached hydrogen (secondary N) is 3. The second-order valence-electron chi connectivity index (χ2n) is 8.46. The highest BCUT2D eigenvalue weighted by atomic mass is 16.6. The van der Waals surface area contributed by atoms with Crippen molar-refractivity contribution < 1.29 is 19.1 Å². The molecule has 0 atom stereocenters. The number of anilines is 2. The van der Waals surface area contributed by atoms with Crippen LogP contribution in [0.15, 0.2) is 36.4 Å². The van der Waals surface area contributed by atoms with Gasteiger partial charge in [0.2, 0.25) is 11.8 Å². The summed E-state index contributed by atoms with van der Waals surface area (Å²) >= 11 is 0. The molecule has 0 aliphatic carbocycles. The zero-order valence-electron chi connectivity index (χ0n) is 17.5. The average Bonchev–Trinajstić information content (AvgIpc) is 2.52. The highest BCUT2D eigenvalue weighted by Gasteiger charge is 2.16. The van der Waals surface area contributed by atoms with Gasteiger partial charge in [0, 0.05) is 13.0 Å². The fourth-order valence-electron chi connectivity index (χ4n) is 2.01. The molecule has 0 aliphatic heterocycles. The van der Waals surface area contributed by atoms with Crippen LogP contribution < -0.4 is 16.0 Å². The lowest BCUT2D eigenvalue weighted by atomic mass is 9.96. The molecule has 1 aromatic rings. The normalized spacial score (nSPS) is 11.8. The number of hydrogen-bond donors (Lipinski definition) is 3. The van der Waals surface area contributed by atoms with Crippen LogP contribution in [0.1, 0.15) is 48.0 Å². The number of carbonyl (C=O) groups is 3. The molecule has 0 saturated carbocycles. The Morgan fingerprint density at radius 3 is 2.07 bits per heavy atom. The summed E-state index contributed by atoms with van der Waals surface area (Å²) < 4.78 is 5.11. The highest BCUT2D eigenvalue weighted by Crippen LogP contribution is 2.21. The molecular weight excluding hydrogens is 358 g/mol. The van der Waals surface area contributed by atoms with Gasteiger partial charge in [0.05, 0.1) is 11.4 Å². The van der Waals surface area contributed by atoms with Crippen LogP contribution >= 0.6 is 0 Å². The van der Waals surface area contributed by atoms with Crippen molar-refractivity contribution in [1.29, 1.82) is 0 Å². The van der Waals surface area contributed by atoms with E-state index in [-0.39, 0.29) is 30.2 Å². The third-order valence-electron chi connectivity index (χ3n) is 3.21. The van der Waals surface area contributed by atoms with Crippen molar-refractivity contribution in [3.63, 3.8) is 0 Å². The maximum absolute atomic E-state index is 12.1. The molecule has 0 aromatic heterocycles. The number of amides is 3. The smallest absolute Gasteiger partial charge is 0.407 e. The third-order valence-corrected chi connectivity index (χ3v) is 3.21. The van der Waals surface area contributed by atoms with E-state index in [1.807, 2.05) is 26.8 Å². The van der Waals surface area contributed by atoms with Gasteiger partial charge in [-0.3, -0.25) is 9.59 Å². The molecule has 1 rings (SSSR count). The molecule has 7 heteroatoms. The van der Waals surface area contributed by atoms with E-state index in [4.69, 9.17) is 4.74 Å². The molecule has 0 fully saturated rings. The van der Waals surface area contributed by atoms with Crippen LogP contribution in [0.25, 0.3) is 0 Å². The molecule has 28 heavy (non-hydrogen) atoms. The van der Waals surface area contributed by atoms with Crippen LogP contribution in [-0.4, -0.2) is 30.1 Å². The summed E-state index contributed by atoms with van der Waals surface area (Å²) in [6.07, 6.45) is 2.79. The van der Waals surface area contributed by atoms with E-state index in [9.17, 15) is 14.4 Å². The summed E-state index contributed by atoms with van der Waals surface area (Å²) in [4.78, 5) is 35.8. The molecular formula is C21H31N3O4. The van der Waals surface area contributed by atoms with Crippen molar-refractivity contribution >= 4 is 29.3 Å². The lowest BCUT2D eigenvalue weighted by Crippen LogP contribution is -2.34. The predicted octanol–water partition coefficient (Wildman–Crippen LogP) is 4.08. The minimum absolute atomic E-state index is 0.0749. The Bertz CT molecular complexity index is 728. The topological polar surface area (TPSA) is 96.5 Å². The first-order valence-corrected chi connectivity index (χ1v) is 9.22. The van der Waals surface area contributed by atoms with E-state index in [1.54, 1.807) is 45.0 Å². The zero-order valence-corrected chi connectivity index (χ0v) is 17.5. The van der Waals surface area contributed by atoms with Gasteiger partial charge in [-0.25, -0.2) is 4.79 Å². The summed E-state index contributed by atoms with van der Waals surface area (Å²) in [6, 6.07) is 6.93. The lowest BCUT2D eigenvalue weighted by Gasteiger charge is -2.19. The Kier molecular flexibility index (Phi) is 8.22. The molecule has 7 nitrogen and oxygen atoms in total. The van der Waals surface area contributed by atoms with E-state index in [0.717, 1.165) is 0 Å². The van der Waals surface area contributed by atoms with E-state index >= 15 is 0 Å². The Balaban J connectivity index is 2.58. The largest absolute Gasteiger partial charge is 0.444 e. The van der Waals surface area contributed by atoms with Crippen molar-refractivity contribution in [3.8, 4) is 0 Å². The van der Waals surface area contributed by atoms with Gasteiger partial charge in [-0.1, -0.05) is 39.0 Å². The molecule has 0 aliphatic rings. The van der Waals surface area contributed by atoms with E-state index in [2.05, 4.69) is 16.0 Å². The van der Waals surface area contributed by atoms with Crippen LogP contribution in [0, 0.1) is 5.41 Å². The minimum Gasteiger partial charge on any atom is -0.444 e. The fraction of sp³-hybridized carbons (Fsp3) is 0.476. The van der Waals surface area contributed by atoms with Crippen LogP contribution in [0.2, 0.25) is 0 Å². The first-order valence-electron chi connectivity index (χ1n) is 9.22. The van der Waals surface area contributed by atoms with Crippen molar-refractivity contribution in [2.75, 3.05) is 17.2 Å². The number of hydrogen-bond acceptors (Lipinski definition) is 4. The van der Waals surface area contributed by atoms with Gasteiger partial charge in [0.1, 0.15) is 5.60 Å². The van der Waals surface area contributed by atoms with Gasteiger partial charge in [0.15, 0.2) is 0 Å². The maximum Gasteiger partial charge on any atom is 0.407 e. The number of rotatable bonds is 6. The number of alkyl carbamates (subject to hydrolysis) is 1. The van der Waals surface area contributed by atoms with Crippen molar-refractivity contribution in [2.24, 2.45) is 5.41 Å². The second-order valence-corrected chi connectivity index (χ2v) is 8.46. The average molecular weight is 389 g/mol. The molecule has 3 amide bonds. The SMILES string of the molecule is CC(C)(C)/C=C/C(=O)Nc1ccccc1NC(=O)CCNC(=O)OC(C)(C)C. The number of allylic oxidation sites excluding steroid dienone is 1. The Labute approximate surface area is 166 Å². The maximum atomic E-state index is 12.1. The number of benzene rings is 1. The molecule has 0 bridgehead atoms. The van der Waals surface area contributed by atoms with E-state index in [1.165, 1.54) is 6.08 Å². The van der Waals surface area contributed by atoms with Gasteiger partial charge in [-0.05, 0) is 44.4 Å². The van der Waals surface area contributed by atoms with Crippen LogP contribution in [0.3, 0.4) is 0 Å². The second kappa shape index (κ2) is 9.92. The Hall–Kier alpha value is -2.83. The molecule has 0 saturated heterocycles. The van der Waals surface area contributed by atoms with Crippen LogP contribution in [0.5, 0.6) is 0 Å². The standard InChI is InChI=1S/C21H31N3O4/c1-20(2,3)13-11-17(25)23-15-9-7-8-10-16(15)24-18(26)12-14-22-19(27)28-21(4,5)6/h7-11,13H,12,14H2,1-6H3,(H,22,27)(H,23,25)(H,24,26)/b13-11+. The predicted molar refractivity (Wildman–Crippen MR) is 111 cm³/mol. The molecule has 0 spiro atoms. The summed E-state index contributed by atoms with van der Waals surface area (Å²) in [5, 5.41) is 8.03. The van der Waals surface area contributed by atoms with Crippen molar-refractivity contribution in [1.82, 2.24) is 5.32 Å². The molecule has 154 valence electrons. The van der Waals surface area contributed by atoms with Gasteiger partial charge in [0.25, 0.3) is 0 Å². The minimum atomic E-state index is -0.592. The van der Waals surface area contributed by atoms with Gasteiger partial charge >= 0.3 is 6.09 Å². The molecule has 0 unspecified atom stereocenters. The summed E-state index contributed by atoms with van der Waals surface area (Å²) in [5.41, 5.74) is 0.290. The van der Waals surface area contributed by atoms with E-state index < -0.39 is 11.7 Å². The molecule has 0 radical (unpaired) electrons. The monoisotopic (exact) mass is 389 g/mol. The lowest BCUT2D eigenvalue weighted by molar-refractivity contribution is -0.116. The number of carbonyl (C=O) groups excluding carboxylic acids is 3. The molecule has 0 heterocycles. The third kappa shape index (κ3) is 10.4. The summed E-state index contributed by atoms with van der Waals surface area (Å²) in [6.45, 7) is 11.4. The first-order chi connectivity index (χ1) is 12.9.